The standard InChI is InChI=1S/C15H31N2/c1-5-9-14-12-16(15(3,4)6-2)13-17(14)10-7-8-11-17/h14H,5-13H2,1-4H3/q+1. The van der Waals surface area contributed by atoms with E-state index in [1.165, 1.54) is 62.9 Å². The van der Waals surface area contributed by atoms with Gasteiger partial charge in [0.25, 0.3) is 0 Å². The first-order chi connectivity index (χ1) is 8.04. The van der Waals surface area contributed by atoms with E-state index in [0.29, 0.717) is 5.54 Å². The molecule has 0 amide bonds. The molecule has 1 atom stereocenters. The molecule has 17 heavy (non-hydrogen) atoms. The molecule has 0 aromatic rings. The first kappa shape index (κ1) is 13.4. The Morgan fingerprint density at radius 3 is 2.35 bits per heavy atom. The van der Waals surface area contributed by atoms with Crippen LogP contribution in [0.1, 0.15) is 59.8 Å². The lowest BCUT2D eigenvalue weighted by Gasteiger charge is -2.37. The Morgan fingerprint density at radius 1 is 1.18 bits per heavy atom. The van der Waals surface area contributed by atoms with Crippen LogP contribution in [0.2, 0.25) is 0 Å². The van der Waals surface area contributed by atoms with E-state index in [1.54, 1.807) is 0 Å². The van der Waals surface area contributed by atoms with Gasteiger partial charge in [-0.3, -0.25) is 0 Å². The fourth-order valence-electron chi connectivity index (χ4n) is 3.77. The molecule has 1 spiro atoms. The van der Waals surface area contributed by atoms with Crippen molar-refractivity contribution < 1.29 is 4.48 Å². The molecule has 0 aromatic heterocycles. The number of rotatable bonds is 4. The lowest BCUT2D eigenvalue weighted by atomic mass is 9.99. The molecule has 2 heteroatoms. The summed E-state index contributed by atoms with van der Waals surface area (Å²) in [4.78, 5) is 2.78. The fraction of sp³-hybridized carbons (Fsp3) is 1.00. The molecule has 0 N–H and O–H groups in total. The van der Waals surface area contributed by atoms with Gasteiger partial charge in [0.2, 0.25) is 0 Å². The summed E-state index contributed by atoms with van der Waals surface area (Å²) in [5.74, 6) is 0. The molecule has 2 aliphatic heterocycles. The monoisotopic (exact) mass is 239 g/mol. The third kappa shape index (κ3) is 2.39. The SMILES string of the molecule is CCCC1CN(C(C)(C)CC)C[N+]12CCCC2. The molecule has 0 bridgehead atoms. The predicted octanol–water partition coefficient (Wildman–Crippen LogP) is 3.23. The van der Waals surface area contributed by atoms with Crippen LogP contribution >= 0.6 is 0 Å². The summed E-state index contributed by atoms with van der Waals surface area (Å²) in [6.07, 6.45) is 6.97. The molecule has 1 unspecified atom stereocenters. The number of nitrogens with zero attached hydrogens (tertiary/aromatic N) is 2. The zero-order valence-electron chi connectivity index (χ0n) is 12.3. The second-order valence-electron chi connectivity index (χ2n) is 6.85. The Hall–Kier alpha value is -0.0800. The van der Waals surface area contributed by atoms with Gasteiger partial charge >= 0.3 is 0 Å². The summed E-state index contributed by atoms with van der Waals surface area (Å²) in [6, 6.07) is 0.924. The predicted molar refractivity (Wildman–Crippen MR) is 73.9 cm³/mol. The second-order valence-corrected chi connectivity index (χ2v) is 6.85. The van der Waals surface area contributed by atoms with Gasteiger partial charge in [-0.15, -0.1) is 0 Å². The highest BCUT2D eigenvalue weighted by Gasteiger charge is 2.49. The maximum Gasteiger partial charge on any atom is 0.135 e. The quantitative estimate of drug-likeness (QED) is 0.681. The molecule has 0 radical (unpaired) electrons. The highest BCUT2D eigenvalue weighted by molar-refractivity contribution is 4.86. The van der Waals surface area contributed by atoms with Crippen molar-refractivity contribution in [3.8, 4) is 0 Å². The minimum atomic E-state index is 0.399. The Bertz CT molecular complexity index is 254. The normalized spacial score (nSPS) is 29.3. The molecule has 2 saturated heterocycles. The number of hydrogen-bond donors (Lipinski definition) is 0. The van der Waals surface area contributed by atoms with E-state index in [9.17, 15) is 0 Å². The van der Waals surface area contributed by atoms with Gasteiger partial charge in [-0.05, 0) is 20.3 Å². The summed E-state index contributed by atoms with van der Waals surface area (Å²) < 4.78 is 1.43. The van der Waals surface area contributed by atoms with Crippen LogP contribution in [-0.4, -0.2) is 47.3 Å². The van der Waals surface area contributed by atoms with E-state index in [1.807, 2.05) is 0 Å². The zero-order chi connectivity index (χ0) is 12.5. The molecule has 2 nitrogen and oxygen atoms in total. The summed E-state index contributed by atoms with van der Waals surface area (Å²) in [7, 11) is 0. The fourth-order valence-corrected chi connectivity index (χ4v) is 3.77. The van der Waals surface area contributed by atoms with Crippen LogP contribution in [0.3, 0.4) is 0 Å². The van der Waals surface area contributed by atoms with Crippen LogP contribution in [0.25, 0.3) is 0 Å². The van der Waals surface area contributed by atoms with Crippen molar-refractivity contribution in [1.82, 2.24) is 4.90 Å². The molecular formula is C15H31N2+. The molecule has 100 valence electrons. The Labute approximate surface area is 108 Å². The van der Waals surface area contributed by atoms with Crippen molar-refractivity contribution in [3.63, 3.8) is 0 Å². The lowest BCUT2D eigenvalue weighted by molar-refractivity contribution is -0.932. The van der Waals surface area contributed by atoms with Gasteiger partial charge in [-0.2, -0.15) is 0 Å². The van der Waals surface area contributed by atoms with Gasteiger partial charge in [0, 0.05) is 24.8 Å². The number of quaternary nitrogens is 1. The van der Waals surface area contributed by atoms with Crippen LogP contribution in [0.5, 0.6) is 0 Å². The lowest BCUT2D eigenvalue weighted by Crippen LogP contribution is -2.51. The third-order valence-electron chi connectivity index (χ3n) is 5.46. The highest BCUT2D eigenvalue weighted by atomic mass is 15.5. The van der Waals surface area contributed by atoms with E-state index in [0.717, 1.165) is 6.04 Å². The van der Waals surface area contributed by atoms with E-state index in [4.69, 9.17) is 0 Å². The first-order valence-corrected chi connectivity index (χ1v) is 7.65. The molecule has 0 saturated carbocycles. The van der Waals surface area contributed by atoms with Crippen LogP contribution in [-0.2, 0) is 0 Å². The summed E-state index contributed by atoms with van der Waals surface area (Å²) in [5.41, 5.74) is 0.399. The van der Waals surface area contributed by atoms with Gasteiger partial charge in [0.1, 0.15) is 12.7 Å². The first-order valence-electron chi connectivity index (χ1n) is 7.65. The maximum atomic E-state index is 2.78. The highest BCUT2D eigenvalue weighted by Crippen LogP contribution is 2.36. The van der Waals surface area contributed by atoms with Crippen molar-refractivity contribution in [2.75, 3.05) is 26.3 Å². The van der Waals surface area contributed by atoms with Gasteiger partial charge < -0.3 is 4.48 Å². The zero-order valence-corrected chi connectivity index (χ0v) is 12.3. The van der Waals surface area contributed by atoms with E-state index in [-0.39, 0.29) is 0 Å². The van der Waals surface area contributed by atoms with Gasteiger partial charge in [-0.1, -0.05) is 20.3 Å². The Balaban J connectivity index is 2.11. The Morgan fingerprint density at radius 2 is 1.82 bits per heavy atom. The average molecular weight is 239 g/mol. The number of hydrogen-bond acceptors (Lipinski definition) is 1. The molecule has 2 fully saturated rings. The van der Waals surface area contributed by atoms with Gasteiger partial charge in [0.05, 0.1) is 19.6 Å². The molecule has 2 heterocycles. The molecule has 2 aliphatic rings. The van der Waals surface area contributed by atoms with Crippen LogP contribution in [0.15, 0.2) is 0 Å². The van der Waals surface area contributed by atoms with Crippen molar-refractivity contribution in [2.45, 2.75) is 71.4 Å². The van der Waals surface area contributed by atoms with E-state index >= 15 is 0 Å². The van der Waals surface area contributed by atoms with Gasteiger partial charge in [-0.25, -0.2) is 4.90 Å². The summed E-state index contributed by atoms with van der Waals surface area (Å²) in [5, 5.41) is 0. The van der Waals surface area contributed by atoms with Gasteiger partial charge in [0.15, 0.2) is 0 Å². The van der Waals surface area contributed by atoms with Crippen molar-refractivity contribution in [2.24, 2.45) is 0 Å². The van der Waals surface area contributed by atoms with Crippen molar-refractivity contribution in [1.29, 1.82) is 0 Å². The minimum absolute atomic E-state index is 0.399. The summed E-state index contributed by atoms with van der Waals surface area (Å²) >= 11 is 0. The summed E-state index contributed by atoms with van der Waals surface area (Å²) in [6.45, 7) is 15.1. The smallest absolute Gasteiger partial charge is 0.135 e. The van der Waals surface area contributed by atoms with E-state index < -0.39 is 0 Å². The van der Waals surface area contributed by atoms with Crippen LogP contribution in [0.4, 0.5) is 0 Å². The molecular weight excluding hydrogens is 208 g/mol. The Kier molecular flexibility index (Phi) is 3.84. The molecule has 0 aromatic carbocycles. The second kappa shape index (κ2) is 4.89. The maximum absolute atomic E-state index is 2.78. The largest absolute Gasteiger partial charge is 0.308 e. The average Bonchev–Trinajstić information content (AvgIpc) is 2.90. The molecule has 2 rings (SSSR count). The molecule has 0 aliphatic carbocycles. The third-order valence-corrected chi connectivity index (χ3v) is 5.46. The van der Waals surface area contributed by atoms with E-state index in [2.05, 4.69) is 32.6 Å². The minimum Gasteiger partial charge on any atom is -0.308 e. The van der Waals surface area contributed by atoms with Crippen molar-refractivity contribution in [3.05, 3.63) is 0 Å². The van der Waals surface area contributed by atoms with Crippen LogP contribution in [0, 0.1) is 0 Å². The van der Waals surface area contributed by atoms with Crippen molar-refractivity contribution >= 4 is 0 Å². The topological polar surface area (TPSA) is 3.24 Å². The van der Waals surface area contributed by atoms with Crippen LogP contribution < -0.4 is 0 Å².